The smallest absolute Gasteiger partial charge is 0.253 e. The fourth-order valence-corrected chi connectivity index (χ4v) is 5.59. The van der Waals surface area contributed by atoms with E-state index in [2.05, 4.69) is 50.2 Å². The number of hydrogen-bond donors (Lipinski definition) is 1. The van der Waals surface area contributed by atoms with Gasteiger partial charge in [0.25, 0.3) is 5.91 Å². The SMILES string of the molecule is COc1ccc(N(Cc2cccnc2)C2CCN([C@H](C)CCNC(=O)c3c(C)nc(Cl)c(F)c3C)CC2)cc1. The average molecular weight is 554 g/mol. The molecule has 1 N–H and O–H groups in total. The lowest BCUT2D eigenvalue weighted by Gasteiger charge is -2.42. The number of likely N-dealkylation sites (tertiary alicyclic amines) is 1. The van der Waals surface area contributed by atoms with Crippen LogP contribution in [0, 0.1) is 19.7 Å². The van der Waals surface area contributed by atoms with Crippen LogP contribution in [0.15, 0.2) is 48.8 Å². The monoisotopic (exact) mass is 553 g/mol. The number of anilines is 1. The van der Waals surface area contributed by atoms with Crippen LogP contribution in [0.4, 0.5) is 10.1 Å². The minimum Gasteiger partial charge on any atom is -0.497 e. The van der Waals surface area contributed by atoms with E-state index in [0.29, 0.717) is 24.3 Å². The second-order valence-corrected chi connectivity index (χ2v) is 10.5. The Bertz CT molecular complexity index is 1250. The molecule has 3 aromatic rings. The molecule has 0 unspecified atom stereocenters. The Morgan fingerprint density at radius 3 is 2.59 bits per heavy atom. The van der Waals surface area contributed by atoms with Crippen LogP contribution in [0.2, 0.25) is 5.15 Å². The fourth-order valence-electron chi connectivity index (χ4n) is 5.32. The number of piperidine rings is 1. The van der Waals surface area contributed by atoms with Gasteiger partial charge >= 0.3 is 0 Å². The van der Waals surface area contributed by atoms with Gasteiger partial charge in [-0.05, 0) is 75.9 Å². The molecule has 0 radical (unpaired) electrons. The van der Waals surface area contributed by atoms with Crippen LogP contribution < -0.4 is 15.0 Å². The summed E-state index contributed by atoms with van der Waals surface area (Å²) in [7, 11) is 1.68. The van der Waals surface area contributed by atoms with Crippen molar-refractivity contribution in [2.24, 2.45) is 0 Å². The number of aryl methyl sites for hydroxylation is 1. The van der Waals surface area contributed by atoms with Crippen LogP contribution in [0.3, 0.4) is 0 Å². The van der Waals surface area contributed by atoms with Gasteiger partial charge in [0.15, 0.2) is 11.0 Å². The van der Waals surface area contributed by atoms with E-state index in [0.717, 1.165) is 44.6 Å². The number of carbonyl (C=O) groups is 1. The third-order valence-corrected chi connectivity index (χ3v) is 7.88. The van der Waals surface area contributed by atoms with E-state index in [1.807, 2.05) is 24.4 Å². The Morgan fingerprint density at radius 1 is 1.23 bits per heavy atom. The van der Waals surface area contributed by atoms with Gasteiger partial charge in [0.2, 0.25) is 0 Å². The molecular formula is C30H37ClFN5O2. The summed E-state index contributed by atoms with van der Waals surface area (Å²) in [5, 5.41) is 2.74. The number of pyridine rings is 2. The van der Waals surface area contributed by atoms with E-state index in [-0.39, 0.29) is 22.2 Å². The molecule has 7 nitrogen and oxygen atoms in total. The lowest BCUT2D eigenvalue weighted by molar-refractivity contribution is 0.0943. The maximum Gasteiger partial charge on any atom is 0.253 e. The lowest BCUT2D eigenvalue weighted by Crippen LogP contribution is -2.48. The minimum absolute atomic E-state index is 0.204. The molecule has 1 amide bonds. The fraction of sp³-hybridized carbons (Fsp3) is 0.433. The number of rotatable bonds is 10. The first kappa shape index (κ1) is 28.8. The summed E-state index contributed by atoms with van der Waals surface area (Å²) in [4.78, 5) is 26.0. The van der Waals surface area contributed by atoms with Gasteiger partial charge in [-0.2, -0.15) is 0 Å². The summed E-state index contributed by atoms with van der Waals surface area (Å²) in [6.45, 7) is 8.68. The van der Waals surface area contributed by atoms with Crippen molar-refractivity contribution in [2.75, 3.05) is 31.6 Å². The van der Waals surface area contributed by atoms with Crippen molar-refractivity contribution >= 4 is 23.2 Å². The van der Waals surface area contributed by atoms with Gasteiger partial charge in [-0.25, -0.2) is 9.37 Å². The molecule has 1 fully saturated rings. The minimum atomic E-state index is -0.643. The summed E-state index contributed by atoms with van der Waals surface area (Å²) in [6.07, 6.45) is 6.61. The number of methoxy groups -OCH3 is 1. The van der Waals surface area contributed by atoms with E-state index in [1.165, 1.54) is 11.3 Å². The largest absolute Gasteiger partial charge is 0.497 e. The van der Waals surface area contributed by atoms with Crippen molar-refractivity contribution in [3.8, 4) is 5.75 Å². The summed E-state index contributed by atoms with van der Waals surface area (Å²) in [6, 6.07) is 13.1. The second kappa shape index (κ2) is 13.2. The van der Waals surface area contributed by atoms with Crippen molar-refractivity contribution in [3.63, 3.8) is 0 Å². The van der Waals surface area contributed by atoms with Gasteiger partial charge in [0.1, 0.15) is 5.75 Å². The molecule has 208 valence electrons. The standard InChI is InChI=1S/C30H37ClFN5O2/c1-20(11-15-34-30(38)27-21(2)28(32)29(31)35-22(27)3)36-16-12-25(13-17-36)37(19-23-6-5-14-33-18-23)24-7-9-26(39-4)10-8-24/h5-10,14,18,20,25H,11-13,15-17,19H2,1-4H3,(H,34,38)/t20-/m1/s1. The molecule has 39 heavy (non-hydrogen) atoms. The van der Waals surface area contributed by atoms with Crippen LogP contribution in [0.25, 0.3) is 0 Å². The molecule has 1 aliphatic heterocycles. The van der Waals surface area contributed by atoms with Crippen molar-refractivity contribution in [2.45, 2.75) is 58.7 Å². The van der Waals surface area contributed by atoms with Gasteiger partial charge in [-0.15, -0.1) is 0 Å². The molecule has 0 bridgehead atoms. The molecule has 9 heteroatoms. The van der Waals surface area contributed by atoms with Crippen LogP contribution >= 0.6 is 11.6 Å². The Kier molecular flexibility index (Phi) is 9.75. The van der Waals surface area contributed by atoms with Gasteiger partial charge in [-0.3, -0.25) is 9.78 Å². The van der Waals surface area contributed by atoms with Gasteiger partial charge in [0.05, 0.1) is 18.4 Å². The van der Waals surface area contributed by atoms with Crippen molar-refractivity contribution in [1.29, 1.82) is 0 Å². The number of nitrogens with zero attached hydrogens (tertiary/aromatic N) is 4. The van der Waals surface area contributed by atoms with Crippen LogP contribution in [-0.2, 0) is 6.54 Å². The zero-order chi connectivity index (χ0) is 27.9. The number of amides is 1. The number of carbonyl (C=O) groups excluding carboxylic acids is 1. The molecule has 0 spiro atoms. The number of aromatic nitrogens is 2. The van der Waals surface area contributed by atoms with Crippen LogP contribution in [0.5, 0.6) is 5.75 Å². The maximum atomic E-state index is 14.2. The lowest BCUT2D eigenvalue weighted by atomic mass is 9.99. The molecular weight excluding hydrogens is 517 g/mol. The normalized spacial score (nSPS) is 15.1. The highest BCUT2D eigenvalue weighted by Crippen LogP contribution is 2.28. The number of ether oxygens (including phenoxy) is 1. The topological polar surface area (TPSA) is 70.6 Å². The highest BCUT2D eigenvalue weighted by atomic mass is 35.5. The highest BCUT2D eigenvalue weighted by Gasteiger charge is 2.27. The zero-order valence-electron chi connectivity index (χ0n) is 23.1. The van der Waals surface area contributed by atoms with E-state index >= 15 is 0 Å². The van der Waals surface area contributed by atoms with Crippen LogP contribution in [-0.4, -0.2) is 59.6 Å². The molecule has 0 aliphatic carbocycles. The Labute approximate surface area is 235 Å². The molecule has 4 rings (SSSR count). The summed E-state index contributed by atoms with van der Waals surface area (Å²) < 4.78 is 19.5. The number of hydrogen-bond acceptors (Lipinski definition) is 6. The number of nitrogens with one attached hydrogen (secondary N) is 1. The molecule has 1 aliphatic rings. The maximum absolute atomic E-state index is 14.2. The average Bonchev–Trinajstić information content (AvgIpc) is 2.95. The Balaban J connectivity index is 1.33. The second-order valence-electron chi connectivity index (χ2n) is 10.1. The zero-order valence-corrected chi connectivity index (χ0v) is 23.8. The quantitative estimate of drug-likeness (QED) is 0.331. The summed E-state index contributed by atoms with van der Waals surface area (Å²) in [5.41, 5.74) is 3.28. The number of benzene rings is 1. The van der Waals surface area contributed by atoms with E-state index in [1.54, 1.807) is 27.2 Å². The first-order chi connectivity index (χ1) is 18.8. The van der Waals surface area contributed by atoms with Gasteiger partial charge < -0.3 is 19.9 Å². The Morgan fingerprint density at radius 2 is 1.95 bits per heavy atom. The molecule has 1 saturated heterocycles. The molecule has 0 saturated carbocycles. The molecule has 3 heterocycles. The highest BCUT2D eigenvalue weighted by molar-refractivity contribution is 6.29. The summed E-state index contributed by atoms with van der Waals surface area (Å²) >= 11 is 5.81. The molecule has 2 aromatic heterocycles. The predicted octanol–water partition coefficient (Wildman–Crippen LogP) is 5.57. The van der Waals surface area contributed by atoms with Gasteiger partial charge in [0, 0.05) is 61.9 Å². The first-order valence-corrected chi connectivity index (χ1v) is 13.8. The first-order valence-electron chi connectivity index (χ1n) is 13.4. The van der Waals surface area contributed by atoms with Crippen LogP contribution in [0.1, 0.15) is 53.4 Å². The van der Waals surface area contributed by atoms with Crippen molar-refractivity contribution in [1.82, 2.24) is 20.2 Å². The van der Waals surface area contributed by atoms with E-state index in [9.17, 15) is 9.18 Å². The van der Waals surface area contributed by atoms with E-state index in [4.69, 9.17) is 16.3 Å². The third-order valence-electron chi connectivity index (χ3n) is 7.63. The molecule has 1 aromatic carbocycles. The van der Waals surface area contributed by atoms with Crippen molar-refractivity contribution < 1.29 is 13.9 Å². The number of halogens is 2. The Hall–Kier alpha value is -3.23. The van der Waals surface area contributed by atoms with Gasteiger partial charge in [-0.1, -0.05) is 17.7 Å². The van der Waals surface area contributed by atoms with Crippen molar-refractivity contribution in [3.05, 3.63) is 82.1 Å². The van der Waals surface area contributed by atoms with E-state index < -0.39 is 5.82 Å². The molecule has 1 atom stereocenters. The predicted molar refractivity (Wildman–Crippen MR) is 153 cm³/mol. The third kappa shape index (κ3) is 7.05. The summed E-state index contributed by atoms with van der Waals surface area (Å²) in [5.74, 6) is -0.112.